The molecule has 2 aliphatic rings. The van der Waals surface area contributed by atoms with E-state index < -0.39 is 5.60 Å². The first kappa shape index (κ1) is 17.6. The molecule has 7 nitrogen and oxygen atoms in total. The summed E-state index contributed by atoms with van der Waals surface area (Å²) in [6, 6.07) is 5.50. The van der Waals surface area contributed by atoms with Crippen LogP contribution in [0.4, 0.5) is 4.79 Å². The molecule has 2 aliphatic heterocycles. The Morgan fingerprint density at radius 2 is 2.04 bits per heavy atom. The Hall–Kier alpha value is -2.83. The Morgan fingerprint density at radius 1 is 1.30 bits per heavy atom. The summed E-state index contributed by atoms with van der Waals surface area (Å²) >= 11 is 0. The van der Waals surface area contributed by atoms with Crippen LogP contribution < -0.4 is 0 Å². The molecule has 3 heterocycles. The maximum absolute atomic E-state index is 12.7. The fourth-order valence-electron chi connectivity index (χ4n) is 3.95. The number of benzene rings is 1. The second-order valence-electron chi connectivity index (χ2n) is 8.27. The number of imide groups is 1. The van der Waals surface area contributed by atoms with E-state index in [4.69, 9.17) is 4.74 Å². The molecule has 1 atom stereocenters. The zero-order valence-electron chi connectivity index (χ0n) is 16.0. The predicted octanol–water partition coefficient (Wildman–Crippen LogP) is 2.54. The Kier molecular flexibility index (Phi) is 3.80. The largest absolute Gasteiger partial charge is 0.460 e. The number of aromatic amines is 1. The van der Waals surface area contributed by atoms with E-state index in [9.17, 15) is 14.4 Å². The maximum atomic E-state index is 12.7. The van der Waals surface area contributed by atoms with Gasteiger partial charge in [-0.25, -0.2) is 4.79 Å². The summed E-state index contributed by atoms with van der Waals surface area (Å²) < 4.78 is 5.40. The third kappa shape index (κ3) is 2.97. The minimum absolute atomic E-state index is 0.177. The molecule has 0 saturated carbocycles. The third-order valence-corrected chi connectivity index (χ3v) is 5.04. The average molecular weight is 369 g/mol. The lowest BCUT2D eigenvalue weighted by Gasteiger charge is -2.40. The summed E-state index contributed by atoms with van der Waals surface area (Å²) in [5.74, 6) is -0.839. The Labute approximate surface area is 157 Å². The number of fused-ring (bicyclic) bond motifs is 6. The Balaban J connectivity index is 1.71. The highest BCUT2D eigenvalue weighted by atomic mass is 16.6. The molecule has 0 spiro atoms. The van der Waals surface area contributed by atoms with Gasteiger partial charge in [-0.15, -0.1) is 0 Å². The first-order valence-corrected chi connectivity index (χ1v) is 9.06. The van der Waals surface area contributed by atoms with Crippen molar-refractivity contribution < 1.29 is 19.1 Å². The predicted molar refractivity (Wildman–Crippen MR) is 99.2 cm³/mol. The highest BCUT2D eigenvalue weighted by Gasteiger charge is 2.43. The summed E-state index contributed by atoms with van der Waals surface area (Å²) in [5, 5.41) is 0.937. The Morgan fingerprint density at radius 3 is 2.74 bits per heavy atom. The molecular formula is C20H23N3O4. The van der Waals surface area contributed by atoms with Crippen LogP contribution in [0.3, 0.4) is 0 Å². The number of nitrogens with zero attached hydrogens (tertiary/aromatic N) is 2. The van der Waals surface area contributed by atoms with Crippen LogP contribution in [0.2, 0.25) is 0 Å². The smallest absolute Gasteiger partial charge is 0.326 e. The summed E-state index contributed by atoms with van der Waals surface area (Å²) in [5.41, 5.74) is 3.06. The van der Waals surface area contributed by atoms with E-state index in [1.54, 1.807) is 4.90 Å². The number of nitrogens with one attached hydrogen (secondary N) is 1. The van der Waals surface area contributed by atoms with Gasteiger partial charge in [-0.05, 0) is 44.0 Å². The molecule has 142 valence electrons. The maximum Gasteiger partial charge on any atom is 0.326 e. The van der Waals surface area contributed by atoms with Gasteiger partial charge in [-0.2, -0.15) is 0 Å². The van der Waals surface area contributed by atoms with Crippen molar-refractivity contribution in [3.05, 3.63) is 35.0 Å². The summed E-state index contributed by atoms with van der Waals surface area (Å²) in [6.45, 7) is 6.38. The van der Waals surface area contributed by atoms with E-state index >= 15 is 0 Å². The van der Waals surface area contributed by atoms with E-state index in [1.165, 1.54) is 11.9 Å². The van der Waals surface area contributed by atoms with Crippen molar-refractivity contribution in [3.8, 4) is 0 Å². The number of carbonyl (C=O) groups excluding carboxylic acids is 3. The van der Waals surface area contributed by atoms with Gasteiger partial charge in [0, 0.05) is 30.2 Å². The molecule has 1 fully saturated rings. The first-order chi connectivity index (χ1) is 12.6. The number of rotatable bonds is 2. The van der Waals surface area contributed by atoms with Gasteiger partial charge in [0.2, 0.25) is 5.91 Å². The molecular weight excluding hydrogens is 346 g/mol. The zero-order valence-corrected chi connectivity index (χ0v) is 16.0. The lowest BCUT2D eigenvalue weighted by atomic mass is 9.88. The average Bonchev–Trinajstić information content (AvgIpc) is 2.93. The first-order valence-electron chi connectivity index (χ1n) is 9.06. The second-order valence-corrected chi connectivity index (χ2v) is 8.27. The monoisotopic (exact) mass is 369 g/mol. The number of likely N-dealkylation sites (N-methyl/N-ethyl adjacent to an activating group) is 1. The minimum atomic E-state index is -0.524. The molecule has 7 heteroatoms. The number of H-pyrrole nitrogens is 1. The van der Waals surface area contributed by atoms with Crippen molar-refractivity contribution in [1.29, 1.82) is 0 Å². The van der Waals surface area contributed by atoms with Crippen LogP contribution >= 0.6 is 0 Å². The van der Waals surface area contributed by atoms with Crippen LogP contribution in [0, 0.1) is 0 Å². The Bertz CT molecular complexity index is 969. The van der Waals surface area contributed by atoms with Crippen LogP contribution in [0.5, 0.6) is 0 Å². The van der Waals surface area contributed by atoms with Crippen molar-refractivity contribution in [2.75, 3.05) is 13.6 Å². The minimum Gasteiger partial charge on any atom is -0.460 e. The highest BCUT2D eigenvalue weighted by molar-refractivity contribution is 6.03. The third-order valence-electron chi connectivity index (χ3n) is 5.04. The van der Waals surface area contributed by atoms with Crippen LogP contribution in [0.1, 0.15) is 43.5 Å². The quantitative estimate of drug-likeness (QED) is 0.825. The lowest BCUT2D eigenvalue weighted by molar-refractivity contribution is -0.153. The molecule has 1 unspecified atom stereocenters. The van der Waals surface area contributed by atoms with E-state index in [2.05, 4.69) is 4.98 Å². The lowest BCUT2D eigenvalue weighted by Crippen LogP contribution is -2.55. The molecule has 27 heavy (non-hydrogen) atoms. The number of esters is 1. The summed E-state index contributed by atoms with van der Waals surface area (Å²) in [7, 11) is 1.53. The molecule has 2 bridgehead atoms. The standard InChI is InChI=1S/C20H23N3O4/c1-20(2,3)27-16(24)8-11-5-6-14-12(7-11)17-13-9-23(10-15(17)21-14)19(26)22(4)18(13)25/h5-7,13,21H,8-10H2,1-4H3. The van der Waals surface area contributed by atoms with Gasteiger partial charge in [0.05, 0.1) is 18.9 Å². The van der Waals surface area contributed by atoms with Crippen molar-refractivity contribution >= 4 is 28.8 Å². The fourth-order valence-corrected chi connectivity index (χ4v) is 3.95. The van der Waals surface area contributed by atoms with Crippen molar-refractivity contribution in [3.63, 3.8) is 0 Å². The number of hydrogen-bond donors (Lipinski definition) is 1. The number of hydrogen-bond acceptors (Lipinski definition) is 4. The summed E-state index contributed by atoms with van der Waals surface area (Å²) in [4.78, 5) is 43.3. The summed E-state index contributed by atoms with van der Waals surface area (Å²) in [6.07, 6.45) is 0.177. The van der Waals surface area contributed by atoms with Crippen LogP contribution in [-0.2, 0) is 27.3 Å². The van der Waals surface area contributed by atoms with E-state index in [-0.39, 0.29) is 30.2 Å². The zero-order chi connectivity index (χ0) is 19.5. The van der Waals surface area contributed by atoms with Gasteiger partial charge in [-0.3, -0.25) is 14.5 Å². The van der Waals surface area contributed by atoms with E-state index in [1.807, 2.05) is 39.0 Å². The normalized spacial score (nSPS) is 19.5. The number of amides is 3. The number of aromatic nitrogens is 1. The molecule has 1 saturated heterocycles. The number of urea groups is 1. The molecule has 1 aromatic carbocycles. The van der Waals surface area contributed by atoms with Gasteiger partial charge in [0.1, 0.15) is 5.60 Å². The molecule has 2 aromatic rings. The van der Waals surface area contributed by atoms with E-state index in [0.717, 1.165) is 27.7 Å². The molecule has 1 aromatic heterocycles. The van der Waals surface area contributed by atoms with Gasteiger partial charge in [0.25, 0.3) is 0 Å². The molecule has 1 N–H and O–H groups in total. The molecule has 0 aliphatic carbocycles. The topological polar surface area (TPSA) is 82.7 Å². The van der Waals surface area contributed by atoms with Crippen LogP contribution in [0.15, 0.2) is 18.2 Å². The van der Waals surface area contributed by atoms with Crippen molar-refractivity contribution in [2.24, 2.45) is 0 Å². The number of ether oxygens (including phenoxy) is 1. The number of carbonyl (C=O) groups is 3. The SMILES string of the molecule is CN1C(=O)C2CN(Cc3[nH]c4ccc(CC(=O)OC(C)(C)C)cc4c32)C1=O. The van der Waals surface area contributed by atoms with Gasteiger partial charge in [0.15, 0.2) is 0 Å². The van der Waals surface area contributed by atoms with Gasteiger partial charge >= 0.3 is 12.0 Å². The van der Waals surface area contributed by atoms with Gasteiger partial charge in [-0.1, -0.05) is 6.07 Å². The van der Waals surface area contributed by atoms with Crippen molar-refractivity contribution in [1.82, 2.24) is 14.8 Å². The molecule has 0 radical (unpaired) electrons. The highest BCUT2D eigenvalue weighted by Crippen LogP contribution is 2.38. The van der Waals surface area contributed by atoms with Crippen LogP contribution in [-0.4, -0.2) is 51.9 Å². The fraction of sp³-hybridized carbons (Fsp3) is 0.450. The molecule has 3 amide bonds. The second kappa shape index (κ2) is 5.84. The molecule has 4 rings (SSSR count). The van der Waals surface area contributed by atoms with Gasteiger partial charge < -0.3 is 14.6 Å². The van der Waals surface area contributed by atoms with E-state index in [0.29, 0.717) is 13.1 Å². The van der Waals surface area contributed by atoms with Crippen LogP contribution in [0.25, 0.3) is 10.9 Å². The van der Waals surface area contributed by atoms with Crippen molar-refractivity contribution in [2.45, 2.75) is 45.3 Å².